The molecule has 3 heteroatoms. The Balaban J connectivity index is 1.92. The molecule has 0 spiro atoms. The predicted molar refractivity (Wildman–Crippen MR) is 60.2 cm³/mol. The summed E-state index contributed by atoms with van der Waals surface area (Å²) in [7, 11) is 1.10. The van der Waals surface area contributed by atoms with Crippen LogP contribution in [0.4, 0.5) is 0 Å². The fraction of sp³-hybridized carbons (Fsp3) is 0.455. The first-order chi connectivity index (χ1) is 6.84. The van der Waals surface area contributed by atoms with Gasteiger partial charge in [0.05, 0.1) is 6.61 Å². The van der Waals surface area contributed by atoms with Crippen LogP contribution in [0.15, 0.2) is 24.3 Å². The lowest BCUT2D eigenvalue weighted by Gasteiger charge is -2.23. The molecule has 1 atom stereocenters. The molecule has 0 aromatic heterocycles. The van der Waals surface area contributed by atoms with Gasteiger partial charge in [0.25, 0.3) is 0 Å². The maximum atomic E-state index is 5.70. The van der Waals surface area contributed by atoms with Crippen LogP contribution in [0, 0.1) is 0 Å². The van der Waals surface area contributed by atoms with E-state index in [4.69, 9.17) is 9.47 Å². The largest absolute Gasteiger partial charge is 0.465 e. The van der Waals surface area contributed by atoms with E-state index in [0.29, 0.717) is 0 Å². The Morgan fingerprint density at radius 2 is 2.00 bits per heavy atom. The van der Waals surface area contributed by atoms with E-state index in [1.807, 2.05) is 12.1 Å². The molecule has 0 aliphatic carbocycles. The molecule has 1 aromatic rings. The highest BCUT2D eigenvalue weighted by Crippen LogP contribution is 2.17. The van der Waals surface area contributed by atoms with Crippen molar-refractivity contribution < 1.29 is 9.47 Å². The zero-order valence-electron chi connectivity index (χ0n) is 8.53. The van der Waals surface area contributed by atoms with Crippen molar-refractivity contribution in [1.82, 2.24) is 0 Å². The minimum atomic E-state index is -0.0244. The number of rotatable bonds is 2. The van der Waals surface area contributed by atoms with Gasteiger partial charge in [-0.25, -0.2) is 0 Å². The topological polar surface area (TPSA) is 18.5 Å². The third-order valence-corrected chi connectivity index (χ3v) is 3.09. The maximum absolute atomic E-state index is 5.70. The second-order valence-electron chi connectivity index (χ2n) is 3.73. The summed E-state index contributed by atoms with van der Waals surface area (Å²) in [5.41, 5.74) is 0. The van der Waals surface area contributed by atoms with E-state index in [1.54, 1.807) is 0 Å². The molecule has 1 unspecified atom stereocenters. The van der Waals surface area contributed by atoms with Crippen molar-refractivity contribution in [2.45, 2.75) is 25.6 Å². The summed E-state index contributed by atoms with van der Waals surface area (Å²) in [5.74, 6) is 0.927. The zero-order chi connectivity index (χ0) is 9.80. The van der Waals surface area contributed by atoms with Crippen molar-refractivity contribution in [2.75, 3.05) is 6.61 Å². The monoisotopic (exact) mass is 208 g/mol. The van der Waals surface area contributed by atoms with Crippen molar-refractivity contribution in [1.29, 1.82) is 0 Å². The molecule has 0 N–H and O–H groups in total. The molecule has 0 saturated carbocycles. The lowest BCUT2D eigenvalue weighted by Crippen LogP contribution is -2.25. The van der Waals surface area contributed by atoms with Gasteiger partial charge in [0, 0.05) is 16.7 Å². The molecule has 1 heterocycles. The van der Waals surface area contributed by atoms with Crippen molar-refractivity contribution in [3.63, 3.8) is 0 Å². The molecule has 0 bridgehead atoms. The van der Waals surface area contributed by atoms with Gasteiger partial charge < -0.3 is 9.47 Å². The van der Waals surface area contributed by atoms with E-state index in [-0.39, 0.29) is 6.29 Å². The number of benzene rings is 1. The first-order valence-corrected chi connectivity index (χ1v) is 6.19. The predicted octanol–water partition coefficient (Wildman–Crippen LogP) is 0.583. The minimum Gasteiger partial charge on any atom is -0.465 e. The summed E-state index contributed by atoms with van der Waals surface area (Å²) < 4.78 is 11.2. The Kier molecular flexibility index (Phi) is 3.21. The van der Waals surface area contributed by atoms with Gasteiger partial charge in [-0.15, -0.1) is 0 Å². The van der Waals surface area contributed by atoms with Crippen LogP contribution in [0.1, 0.15) is 19.3 Å². The van der Waals surface area contributed by atoms with Crippen LogP contribution in [-0.4, -0.2) is 23.1 Å². The van der Waals surface area contributed by atoms with Crippen LogP contribution in [0.3, 0.4) is 0 Å². The minimum absolute atomic E-state index is 0.0244. The molecule has 1 fully saturated rings. The number of ether oxygens (including phenoxy) is 2. The smallest absolute Gasteiger partial charge is 0.199 e. The fourth-order valence-electron chi connectivity index (χ4n) is 1.57. The van der Waals surface area contributed by atoms with Crippen LogP contribution < -0.4 is 9.92 Å². The van der Waals surface area contributed by atoms with Gasteiger partial charge >= 0.3 is 0 Å². The van der Waals surface area contributed by atoms with Crippen LogP contribution >= 0.6 is 0 Å². The van der Waals surface area contributed by atoms with Gasteiger partial charge in [-0.05, 0) is 25.0 Å². The Hall–Kier alpha value is -0.803. The number of hydrogen-bond donors (Lipinski definition) is 0. The molecule has 1 aromatic carbocycles. The molecule has 2 rings (SSSR count). The molecular weight excluding hydrogens is 192 g/mol. The van der Waals surface area contributed by atoms with Crippen molar-refractivity contribution in [3.05, 3.63) is 24.3 Å². The molecule has 76 valence electrons. The second-order valence-corrected chi connectivity index (χ2v) is 4.88. The first-order valence-electron chi connectivity index (χ1n) is 5.19. The molecule has 1 aliphatic heterocycles. The lowest BCUT2D eigenvalue weighted by atomic mass is 10.2. The van der Waals surface area contributed by atoms with Crippen molar-refractivity contribution in [2.24, 2.45) is 0 Å². The molecule has 0 radical (unpaired) electrons. The van der Waals surface area contributed by atoms with E-state index in [9.17, 15) is 0 Å². The van der Waals surface area contributed by atoms with Gasteiger partial charge in [-0.2, -0.15) is 0 Å². The summed E-state index contributed by atoms with van der Waals surface area (Å²) >= 11 is 0. The Morgan fingerprint density at radius 1 is 1.21 bits per heavy atom. The van der Waals surface area contributed by atoms with Gasteiger partial charge in [-0.3, -0.25) is 0 Å². The lowest BCUT2D eigenvalue weighted by molar-refractivity contribution is -0.105. The summed E-state index contributed by atoms with van der Waals surface area (Å²) in [6.45, 7) is 0.837. The zero-order valence-corrected chi connectivity index (χ0v) is 10.5. The molecule has 0 amide bonds. The van der Waals surface area contributed by atoms with Crippen LogP contribution in [-0.2, 0) is 4.74 Å². The summed E-state index contributed by atoms with van der Waals surface area (Å²) in [4.78, 5) is 0. The van der Waals surface area contributed by atoms with Gasteiger partial charge in [0.2, 0.25) is 0 Å². The Morgan fingerprint density at radius 3 is 2.64 bits per heavy atom. The van der Waals surface area contributed by atoms with E-state index >= 15 is 0 Å². The average molecular weight is 208 g/mol. The van der Waals surface area contributed by atoms with Crippen molar-refractivity contribution in [3.8, 4) is 5.75 Å². The second kappa shape index (κ2) is 4.62. The van der Waals surface area contributed by atoms with Crippen LogP contribution in [0.25, 0.3) is 0 Å². The highest BCUT2D eigenvalue weighted by atomic mass is 28.1. The van der Waals surface area contributed by atoms with Crippen LogP contribution in [0.5, 0.6) is 5.75 Å². The van der Waals surface area contributed by atoms with E-state index in [0.717, 1.165) is 29.0 Å². The SMILES string of the molecule is [SiH3]c1ccc(OC2CCCCO2)cc1. The quantitative estimate of drug-likeness (QED) is 0.662. The van der Waals surface area contributed by atoms with Gasteiger partial charge in [0.15, 0.2) is 6.29 Å². The number of hydrogen-bond acceptors (Lipinski definition) is 2. The molecular formula is C11H16O2Si. The van der Waals surface area contributed by atoms with E-state index in [1.165, 1.54) is 18.0 Å². The maximum Gasteiger partial charge on any atom is 0.199 e. The Bertz CT molecular complexity index is 278. The molecule has 14 heavy (non-hydrogen) atoms. The third kappa shape index (κ3) is 2.59. The molecule has 1 aliphatic rings. The summed E-state index contributed by atoms with van der Waals surface area (Å²) in [6, 6.07) is 8.29. The Labute approximate surface area is 87.6 Å². The van der Waals surface area contributed by atoms with Crippen LogP contribution in [0.2, 0.25) is 0 Å². The van der Waals surface area contributed by atoms with Gasteiger partial charge in [0.1, 0.15) is 5.75 Å². The standard InChI is InChI=1S/C11H16O2Si/c14-10-6-4-9(5-7-10)13-11-3-1-2-8-12-11/h4-7,11H,1-3,8H2,14H3. The fourth-order valence-corrected chi connectivity index (χ4v) is 1.91. The first kappa shape index (κ1) is 9.74. The molecule has 2 nitrogen and oxygen atoms in total. The van der Waals surface area contributed by atoms with Crippen molar-refractivity contribution >= 4 is 15.4 Å². The normalized spacial score (nSPS) is 22.1. The summed E-state index contributed by atoms with van der Waals surface area (Å²) in [5, 5.41) is 1.39. The average Bonchev–Trinajstić information content (AvgIpc) is 2.23. The highest BCUT2D eigenvalue weighted by Gasteiger charge is 2.14. The third-order valence-electron chi connectivity index (χ3n) is 2.43. The molecule has 1 saturated heterocycles. The van der Waals surface area contributed by atoms with E-state index < -0.39 is 0 Å². The van der Waals surface area contributed by atoms with Gasteiger partial charge in [-0.1, -0.05) is 17.3 Å². The van der Waals surface area contributed by atoms with E-state index in [2.05, 4.69) is 12.1 Å². The summed E-state index contributed by atoms with van der Waals surface area (Å²) in [6.07, 6.45) is 3.37. The highest BCUT2D eigenvalue weighted by molar-refractivity contribution is 6.32.